The van der Waals surface area contributed by atoms with E-state index in [-0.39, 0.29) is 0 Å². The number of likely N-dealkylation sites (N-methyl/N-ethyl adjacent to an activating group) is 1. The second-order valence-electron chi connectivity index (χ2n) is 5.79. The van der Waals surface area contributed by atoms with Gasteiger partial charge in [-0.2, -0.15) is 0 Å². The van der Waals surface area contributed by atoms with Crippen LogP contribution in [0.4, 0.5) is 5.95 Å². The van der Waals surface area contributed by atoms with Crippen LogP contribution in [0.5, 0.6) is 0 Å². The van der Waals surface area contributed by atoms with Crippen LogP contribution >= 0.6 is 11.3 Å². The third-order valence-electron chi connectivity index (χ3n) is 3.92. The fourth-order valence-electron chi connectivity index (χ4n) is 2.22. The van der Waals surface area contributed by atoms with Crippen molar-refractivity contribution in [2.24, 2.45) is 0 Å². The summed E-state index contributed by atoms with van der Waals surface area (Å²) in [7, 11) is 2.07. The second-order valence-corrected chi connectivity index (χ2v) is 6.82. The molecule has 0 amide bonds. The van der Waals surface area contributed by atoms with Crippen LogP contribution in [0.2, 0.25) is 0 Å². The zero-order chi connectivity index (χ0) is 14.7. The summed E-state index contributed by atoms with van der Waals surface area (Å²) in [5.74, 6) is 0.800. The normalized spacial score (nSPS) is 15.9. The lowest BCUT2D eigenvalue weighted by molar-refractivity contribution is 0.662. The van der Waals surface area contributed by atoms with Crippen molar-refractivity contribution in [1.82, 2.24) is 15.3 Å². The van der Waals surface area contributed by atoms with E-state index in [9.17, 15) is 0 Å². The van der Waals surface area contributed by atoms with Crippen LogP contribution in [0.3, 0.4) is 0 Å². The van der Waals surface area contributed by atoms with Crippen LogP contribution in [0.25, 0.3) is 0 Å². The van der Waals surface area contributed by atoms with Crippen molar-refractivity contribution in [3.63, 3.8) is 0 Å². The average Bonchev–Trinajstić information content (AvgIpc) is 3.20. The third kappa shape index (κ3) is 4.02. The molecule has 1 aliphatic carbocycles. The number of hydrogen-bond acceptors (Lipinski definition) is 5. The van der Waals surface area contributed by atoms with Gasteiger partial charge in [0.05, 0.1) is 0 Å². The first-order chi connectivity index (χ1) is 10.2. The summed E-state index contributed by atoms with van der Waals surface area (Å²) in [5.41, 5.74) is 1.16. The lowest BCUT2D eigenvalue weighted by Crippen LogP contribution is -2.32. The third-order valence-corrected chi connectivity index (χ3v) is 4.82. The molecular formula is C16H22N4S. The highest BCUT2D eigenvalue weighted by Gasteiger charge is 2.20. The predicted molar refractivity (Wildman–Crippen MR) is 87.8 cm³/mol. The average molecular weight is 302 g/mol. The Bertz CT molecular complexity index is 548. The summed E-state index contributed by atoms with van der Waals surface area (Å²) >= 11 is 1.81. The molecule has 1 aliphatic rings. The Morgan fingerprint density at radius 2 is 2.14 bits per heavy atom. The van der Waals surface area contributed by atoms with E-state index < -0.39 is 0 Å². The Morgan fingerprint density at radius 3 is 2.76 bits per heavy atom. The highest BCUT2D eigenvalue weighted by atomic mass is 32.1. The molecule has 112 valence electrons. The van der Waals surface area contributed by atoms with E-state index in [1.807, 2.05) is 12.4 Å². The molecule has 0 radical (unpaired) electrons. The Kier molecular flexibility index (Phi) is 4.51. The summed E-state index contributed by atoms with van der Waals surface area (Å²) in [4.78, 5) is 12.6. The van der Waals surface area contributed by atoms with Crippen molar-refractivity contribution in [3.05, 3.63) is 40.3 Å². The number of anilines is 1. The molecule has 0 spiro atoms. The minimum atomic E-state index is 0.388. The molecule has 1 N–H and O–H groups in total. The first kappa shape index (κ1) is 14.5. The van der Waals surface area contributed by atoms with Gasteiger partial charge in [0.1, 0.15) is 0 Å². The molecule has 1 fully saturated rings. The summed E-state index contributed by atoms with van der Waals surface area (Å²) in [5, 5.41) is 5.61. The number of nitrogens with one attached hydrogen (secondary N) is 1. The number of nitrogens with zero attached hydrogens (tertiary/aromatic N) is 3. The molecule has 4 nitrogen and oxygen atoms in total. The van der Waals surface area contributed by atoms with Crippen LogP contribution in [-0.2, 0) is 13.0 Å². The molecule has 2 aromatic heterocycles. The van der Waals surface area contributed by atoms with Crippen molar-refractivity contribution < 1.29 is 0 Å². The van der Waals surface area contributed by atoms with Crippen molar-refractivity contribution in [1.29, 1.82) is 0 Å². The molecule has 1 unspecified atom stereocenters. The Hall–Kier alpha value is -1.46. The number of aromatic nitrogens is 2. The van der Waals surface area contributed by atoms with Crippen molar-refractivity contribution in [2.45, 2.75) is 44.8 Å². The molecule has 0 bridgehead atoms. The van der Waals surface area contributed by atoms with Gasteiger partial charge in [0.2, 0.25) is 5.95 Å². The SMILES string of the molecule is CC(Cc1cccs1)N(C)c1ncc(CNC2CC2)cn1. The maximum atomic E-state index is 4.51. The zero-order valence-corrected chi connectivity index (χ0v) is 13.4. The van der Waals surface area contributed by atoms with Crippen molar-refractivity contribution in [2.75, 3.05) is 11.9 Å². The summed E-state index contributed by atoms with van der Waals surface area (Å²) < 4.78 is 0. The smallest absolute Gasteiger partial charge is 0.225 e. The van der Waals surface area contributed by atoms with Crippen LogP contribution in [0.15, 0.2) is 29.9 Å². The van der Waals surface area contributed by atoms with E-state index in [1.165, 1.54) is 17.7 Å². The molecule has 21 heavy (non-hydrogen) atoms. The molecule has 0 saturated heterocycles. The van der Waals surface area contributed by atoms with E-state index in [2.05, 4.69) is 51.7 Å². The Labute approximate surface area is 130 Å². The molecule has 5 heteroatoms. The lowest BCUT2D eigenvalue weighted by atomic mass is 10.2. The fourth-order valence-corrected chi connectivity index (χ4v) is 3.05. The minimum absolute atomic E-state index is 0.388. The molecule has 2 heterocycles. The van der Waals surface area contributed by atoms with Crippen LogP contribution in [-0.4, -0.2) is 29.1 Å². The van der Waals surface area contributed by atoms with Crippen molar-refractivity contribution >= 4 is 17.3 Å². The van der Waals surface area contributed by atoms with Gasteiger partial charge in [0, 0.05) is 54.9 Å². The molecule has 2 aromatic rings. The van der Waals surface area contributed by atoms with Crippen LogP contribution < -0.4 is 10.2 Å². The number of hydrogen-bond donors (Lipinski definition) is 1. The molecule has 3 rings (SSSR count). The Balaban J connectivity index is 1.56. The summed E-state index contributed by atoms with van der Waals surface area (Å²) in [6, 6.07) is 5.39. The Morgan fingerprint density at radius 1 is 1.38 bits per heavy atom. The largest absolute Gasteiger partial charge is 0.341 e. The first-order valence-electron chi connectivity index (χ1n) is 7.52. The standard InChI is InChI=1S/C16H22N4S/c1-12(8-15-4-3-7-21-15)20(2)16-18-10-13(11-19-16)9-17-14-5-6-14/h3-4,7,10-12,14,17H,5-6,8-9H2,1-2H3. The van der Waals surface area contributed by atoms with Gasteiger partial charge in [-0.25, -0.2) is 9.97 Å². The van der Waals surface area contributed by atoms with Crippen molar-refractivity contribution in [3.8, 4) is 0 Å². The topological polar surface area (TPSA) is 41.1 Å². The fraction of sp³-hybridized carbons (Fsp3) is 0.500. The maximum absolute atomic E-state index is 4.51. The molecule has 1 saturated carbocycles. The maximum Gasteiger partial charge on any atom is 0.225 e. The lowest BCUT2D eigenvalue weighted by Gasteiger charge is -2.24. The second kappa shape index (κ2) is 6.54. The van der Waals surface area contributed by atoms with Gasteiger partial charge in [-0.05, 0) is 31.2 Å². The molecule has 0 aliphatic heterocycles. The van der Waals surface area contributed by atoms with Gasteiger partial charge in [-0.15, -0.1) is 11.3 Å². The van der Waals surface area contributed by atoms with E-state index >= 15 is 0 Å². The van der Waals surface area contributed by atoms with Gasteiger partial charge >= 0.3 is 0 Å². The predicted octanol–water partition coefficient (Wildman–Crippen LogP) is 2.86. The van der Waals surface area contributed by atoms with E-state index in [0.29, 0.717) is 6.04 Å². The number of thiophene rings is 1. The quantitative estimate of drug-likeness (QED) is 0.854. The van der Waals surface area contributed by atoms with Gasteiger partial charge in [-0.3, -0.25) is 0 Å². The molecule has 0 aromatic carbocycles. The van der Waals surface area contributed by atoms with Gasteiger partial charge in [-0.1, -0.05) is 6.07 Å². The monoisotopic (exact) mass is 302 g/mol. The summed E-state index contributed by atoms with van der Waals surface area (Å²) in [6.07, 6.45) is 7.52. The zero-order valence-electron chi connectivity index (χ0n) is 12.6. The van der Waals surface area contributed by atoms with Gasteiger partial charge in [0.25, 0.3) is 0 Å². The van der Waals surface area contributed by atoms with E-state index in [0.717, 1.165) is 30.5 Å². The highest BCUT2D eigenvalue weighted by molar-refractivity contribution is 7.09. The van der Waals surface area contributed by atoms with Crippen LogP contribution in [0.1, 0.15) is 30.2 Å². The van der Waals surface area contributed by atoms with E-state index in [1.54, 1.807) is 11.3 Å². The minimum Gasteiger partial charge on any atom is -0.341 e. The molecule has 1 atom stereocenters. The first-order valence-corrected chi connectivity index (χ1v) is 8.40. The summed E-state index contributed by atoms with van der Waals surface area (Å²) in [6.45, 7) is 3.09. The van der Waals surface area contributed by atoms with E-state index in [4.69, 9.17) is 0 Å². The highest BCUT2D eigenvalue weighted by Crippen LogP contribution is 2.19. The van der Waals surface area contributed by atoms with Gasteiger partial charge < -0.3 is 10.2 Å². The van der Waals surface area contributed by atoms with Crippen LogP contribution in [0, 0.1) is 0 Å². The number of rotatable bonds is 7. The molecular weight excluding hydrogens is 280 g/mol. The van der Waals surface area contributed by atoms with Gasteiger partial charge in [0.15, 0.2) is 0 Å².